The predicted octanol–water partition coefficient (Wildman–Crippen LogP) is 6.01. The van der Waals surface area contributed by atoms with Crippen molar-refractivity contribution >= 4 is 62.2 Å². The van der Waals surface area contributed by atoms with Crippen molar-refractivity contribution in [3.05, 3.63) is 79.7 Å². The minimum Gasteiger partial charge on any atom is -0.295 e. The zero-order valence-electron chi connectivity index (χ0n) is 14.4. The topological polar surface area (TPSA) is 20.3 Å². The van der Waals surface area contributed by atoms with Gasteiger partial charge in [-0.15, -0.1) is 12.4 Å². The van der Waals surface area contributed by atoms with Gasteiger partial charge in [0.2, 0.25) is 0 Å². The SMILES string of the molecule is CCN1CC(=Cc2ccc(Br)cc2)C(=O)C(=Cc2ccc(Br)cc2)C1.Cl. The van der Waals surface area contributed by atoms with E-state index >= 15 is 0 Å². The van der Waals surface area contributed by atoms with E-state index in [1.807, 2.05) is 60.7 Å². The summed E-state index contributed by atoms with van der Waals surface area (Å²) in [6, 6.07) is 16.1. The monoisotopic (exact) mass is 495 g/mol. The van der Waals surface area contributed by atoms with E-state index in [-0.39, 0.29) is 18.2 Å². The Morgan fingerprint density at radius 1 is 0.846 bits per heavy atom. The smallest absolute Gasteiger partial charge is 0.187 e. The van der Waals surface area contributed by atoms with Crippen LogP contribution in [0.5, 0.6) is 0 Å². The number of likely N-dealkylation sites (N-methyl/N-ethyl adjacent to an activating group) is 1. The lowest BCUT2D eigenvalue weighted by Crippen LogP contribution is -2.37. The quantitative estimate of drug-likeness (QED) is 0.485. The largest absolute Gasteiger partial charge is 0.295 e. The predicted molar refractivity (Wildman–Crippen MR) is 119 cm³/mol. The number of hydrogen-bond donors (Lipinski definition) is 0. The van der Waals surface area contributed by atoms with Crippen LogP contribution in [0.4, 0.5) is 0 Å². The van der Waals surface area contributed by atoms with Gasteiger partial charge < -0.3 is 0 Å². The van der Waals surface area contributed by atoms with Gasteiger partial charge in [-0.05, 0) is 54.1 Å². The molecule has 0 N–H and O–H groups in total. The zero-order valence-corrected chi connectivity index (χ0v) is 18.4. The van der Waals surface area contributed by atoms with Crippen LogP contribution in [0.1, 0.15) is 18.1 Å². The minimum absolute atomic E-state index is 0. The number of Topliss-reactive ketones (excluding diaryl/α,β-unsaturated/α-hetero) is 1. The van der Waals surface area contributed by atoms with Crippen LogP contribution in [-0.4, -0.2) is 30.3 Å². The van der Waals surface area contributed by atoms with E-state index in [0.29, 0.717) is 13.1 Å². The summed E-state index contributed by atoms with van der Waals surface area (Å²) in [6.45, 7) is 4.44. The summed E-state index contributed by atoms with van der Waals surface area (Å²) in [7, 11) is 0. The lowest BCUT2D eigenvalue weighted by atomic mass is 9.94. The molecule has 2 nitrogen and oxygen atoms in total. The molecule has 0 spiro atoms. The molecule has 0 radical (unpaired) electrons. The van der Waals surface area contributed by atoms with Crippen molar-refractivity contribution in [3.8, 4) is 0 Å². The molecule has 1 fully saturated rings. The van der Waals surface area contributed by atoms with Crippen molar-refractivity contribution in [2.75, 3.05) is 19.6 Å². The molecular formula is C21H20Br2ClNO. The number of piperidine rings is 1. The normalized spacial score (nSPS) is 18.2. The Bertz CT molecular complexity index is 759. The molecule has 0 atom stereocenters. The number of halogens is 3. The molecule has 136 valence electrons. The van der Waals surface area contributed by atoms with Gasteiger partial charge in [0, 0.05) is 33.2 Å². The first-order chi connectivity index (χ1) is 12.0. The lowest BCUT2D eigenvalue weighted by Gasteiger charge is -2.28. The van der Waals surface area contributed by atoms with Gasteiger partial charge in [0.1, 0.15) is 0 Å². The van der Waals surface area contributed by atoms with Gasteiger partial charge in [-0.1, -0.05) is 63.0 Å². The third-order valence-electron chi connectivity index (χ3n) is 4.24. The maximum atomic E-state index is 12.9. The van der Waals surface area contributed by atoms with E-state index in [2.05, 4.69) is 43.7 Å². The second-order valence-electron chi connectivity index (χ2n) is 6.07. The summed E-state index contributed by atoms with van der Waals surface area (Å²) in [5, 5.41) is 0. The fraction of sp³-hybridized carbons (Fsp3) is 0.190. The van der Waals surface area contributed by atoms with Crippen molar-refractivity contribution < 1.29 is 4.79 Å². The van der Waals surface area contributed by atoms with Gasteiger partial charge in [0.15, 0.2) is 5.78 Å². The average molecular weight is 498 g/mol. The second kappa shape index (κ2) is 9.65. The first kappa shape index (κ1) is 21.1. The standard InChI is InChI=1S/C21H19Br2NO.ClH/c1-2-24-13-17(11-15-3-7-19(22)8-4-15)21(25)18(14-24)12-16-5-9-20(23)10-6-16;/h3-12H,2,13-14H2,1H3;1H. The van der Waals surface area contributed by atoms with Crippen molar-refractivity contribution in [1.29, 1.82) is 0 Å². The number of carbonyl (C=O) groups excluding carboxylic acids is 1. The summed E-state index contributed by atoms with van der Waals surface area (Å²) in [4.78, 5) is 15.2. The van der Waals surface area contributed by atoms with E-state index in [9.17, 15) is 4.79 Å². The van der Waals surface area contributed by atoms with Crippen LogP contribution in [-0.2, 0) is 4.79 Å². The van der Waals surface area contributed by atoms with Gasteiger partial charge in [0.25, 0.3) is 0 Å². The Balaban J connectivity index is 0.00000243. The maximum Gasteiger partial charge on any atom is 0.187 e. The highest BCUT2D eigenvalue weighted by Gasteiger charge is 2.25. The third-order valence-corrected chi connectivity index (χ3v) is 5.30. The third kappa shape index (κ3) is 5.40. The molecular weight excluding hydrogens is 477 g/mol. The molecule has 26 heavy (non-hydrogen) atoms. The summed E-state index contributed by atoms with van der Waals surface area (Å²) in [5.74, 6) is 0.149. The number of nitrogens with zero attached hydrogens (tertiary/aromatic N) is 1. The highest BCUT2D eigenvalue weighted by Crippen LogP contribution is 2.23. The molecule has 3 rings (SSSR count). The van der Waals surface area contributed by atoms with E-state index < -0.39 is 0 Å². The van der Waals surface area contributed by atoms with Crippen LogP contribution in [0.25, 0.3) is 12.2 Å². The van der Waals surface area contributed by atoms with Crippen molar-refractivity contribution in [1.82, 2.24) is 4.90 Å². The molecule has 0 amide bonds. The van der Waals surface area contributed by atoms with Crippen LogP contribution in [0.3, 0.4) is 0 Å². The Morgan fingerprint density at radius 2 is 1.23 bits per heavy atom. The van der Waals surface area contributed by atoms with E-state index in [1.165, 1.54) is 0 Å². The fourth-order valence-electron chi connectivity index (χ4n) is 2.85. The summed E-state index contributed by atoms with van der Waals surface area (Å²) in [6.07, 6.45) is 4.01. The van der Waals surface area contributed by atoms with Crippen molar-refractivity contribution in [2.24, 2.45) is 0 Å². The Kier molecular flexibility index (Phi) is 7.84. The van der Waals surface area contributed by atoms with E-state index in [4.69, 9.17) is 0 Å². The number of benzene rings is 2. The van der Waals surface area contributed by atoms with E-state index in [0.717, 1.165) is 37.8 Å². The molecule has 5 heteroatoms. The number of rotatable bonds is 3. The molecule has 1 saturated heterocycles. The van der Waals surface area contributed by atoms with E-state index in [1.54, 1.807) is 0 Å². The van der Waals surface area contributed by atoms with Gasteiger partial charge in [-0.2, -0.15) is 0 Å². The molecule has 0 saturated carbocycles. The molecule has 0 aromatic heterocycles. The summed E-state index contributed by atoms with van der Waals surface area (Å²) < 4.78 is 2.08. The highest BCUT2D eigenvalue weighted by molar-refractivity contribution is 9.10. The van der Waals surface area contributed by atoms with Gasteiger partial charge in [0.05, 0.1) is 0 Å². The molecule has 0 aliphatic carbocycles. The maximum absolute atomic E-state index is 12.9. The van der Waals surface area contributed by atoms with Gasteiger partial charge >= 0.3 is 0 Å². The molecule has 0 unspecified atom stereocenters. The van der Waals surface area contributed by atoms with Crippen LogP contribution >= 0.6 is 44.3 Å². The first-order valence-corrected chi connectivity index (χ1v) is 9.83. The van der Waals surface area contributed by atoms with Crippen LogP contribution in [0.2, 0.25) is 0 Å². The number of ketones is 1. The second-order valence-corrected chi connectivity index (χ2v) is 7.91. The van der Waals surface area contributed by atoms with Crippen LogP contribution in [0, 0.1) is 0 Å². The first-order valence-electron chi connectivity index (χ1n) is 8.24. The summed E-state index contributed by atoms with van der Waals surface area (Å²) in [5.41, 5.74) is 3.79. The molecule has 1 aliphatic rings. The number of likely N-dealkylation sites (tertiary alicyclic amines) is 1. The molecule has 0 bridgehead atoms. The summed E-state index contributed by atoms with van der Waals surface area (Å²) >= 11 is 6.89. The molecule has 1 heterocycles. The Hall–Kier alpha value is -1.20. The zero-order chi connectivity index (χ0) is 17.8. The van der Waals surface area contributed by atoms with Gasteiger partial charge in [-0.25, -0.2) is 0 Å². The molecule has 2 aromatic carbocycles. The van der Waals surface area contributed by atoms with Gasteiger partial charge in [-0.3, -0.25) is 9.69 Å². The highest BCUT2D eigenvalue weighted by atomic mass is 79.9. The Labute approximate surface area is 177 Å². The molecule has 2 aromatic rings. The number of carbonyl (C=O) groups is 1. The minimum atomic E-state index is 0. The Morgan fingerprint density at radius 3 is 1.58 bits per heavy atom. The molecule has 1 aliphatic heterocycles. The number of hydrogen-bond acceptors (Lipinski definition) is 2. The van der Waals surface area contributed by atoms with Crippen LogP contribution in [0.15, 0.2) is 68.6 Å². The lowest BCUT2D eigenvalue weighted by molar-refractivity contribution is -0.113. The average Bonchev–Trinajstić information content (AvgIpc) is 2.62. The van der Waals surface area contributed by atoms with Crippen LogP contribution < -0.4 is 0 Å². The fourth-order valence-corrected chi connectivity index (χ4v) is 3.38. The van der Waals surface area contributed by atoms with Crippen molar-refractivity contribution in [2.45, 2.75) is 6.92 Å². The van der Waals surface area contributed by atoms with Crippen molar-refractivity contribution in [3.63, 3.8) is 0 Å².